The monoisotopic (exact) mass is 254 g/mol. The van der Waals surface area contributed by atoms with Crippen molar-refractivity contribution in [2.75, 3.05) is 0 Å². The predicted molar refractivity (Wildman–Crippen MR) is 70.4 cm³/mol. The molecule has 4 heteroatoms. The summed E-state index contributed by atoms with van der Waals surface area (Å²) < 4.78 is 5.88. The molecule has 0 saturated heterocycles. The van der Waals surface area contributed by atoms with Crippen molar-refractivity contribution in [3.8, 4) is 5.75 Å². The van der Waals surface area contributed by atoms with Crippen LogP contribution in [0, 0.1) is 0 Å². The lowest BCUT2D eigenvalue weighted by Gasteiger charge is -2.11. The zero-order chi connectivity index (χ0) is 12.8. The van der Waals surface area contributed by atoms with Gasteiger partial charge >= 0.3 is 0 Å². The summed E-state index contributed by atoms with van der Waals surface area (Å²) in [6, 6.07) is 7.98. The summed E-state index contributed by atoms with van der Waals surface area (Å²) in [4.78, 5) is 19.5. The minimum Gasteiger partial charge on any atom is -0.482 e. The Balaban J connectivity index is 1.72. The van der Waals surface area contributed by atoms with E-state index in [4.69, 9.17) is 4.74 Å². The first-order chi connectivity index (χ1) is 9.31. The molecule has 1 aromatic carbocycles. The Morgan fingerprint density at radius 2 is 2.16 bits per heavy atom. The van der Waals surface area contributed by atoms with Gasteiger partial charge in [-0.3, -0.25) is 4.79 Å². The van der Waals surface area contributed by atoms with Gasteiger partial charge in [0.25, 0.3) is 5.56 Å². The van der Waals surface area contributed by atoms with Gasteiger partial charge in [-0.2, -0.15) is 0 Å². The second-order valence-corrected chi connectivity index (χ2v) is 5.15. The molecule has 1 N–H and O–H groups in total. The van der Waals surface area contributed by atoms with Crippen molar-refractivity contribution in [3.63, 3.8) is 0 Å². The highest BCUT2D eigenvalue weighted by molar-refractivity contribution is 5.38. The van der Waals surface area contributed by atoms with Crippen LogP contribution in [-0.2, 0) is 19.3 Å². The van der Waals surface area contributed by atoms with Crippen molar-refractivity contribution in [3.05, 3.63) is 57.3 Å². The number of aryl methyl sites for hydroxylation is 1. The highest BCUT2D eigenvalue weighted by Gasteiger charge is 2.27. The molecular formula is C15H14N2O2. The molecule has 96 valence electrons. The number of H-pyrrole nitrogens is 1. The Kier molecular flexibility index (Phi) is 2.24. The number of fused-ring (bicyclic) bond motifs is 2. The molecule has 4 rings (SSSR count). The van der Waals surface area contributed by atoms with Crippen LogP contribution in [0.3, 0.4) is 0 Å². The van der Waals surface area contributed by atoms with Crippen LogP contribution in [0.15, 0.2) is 29.1 Å². The molecule has 4 nitrogen and oxygen atoms in total. The summed E-state index contributed by atoms with van der Waals surface area (Å²) in [6.07, 6.45) is 3.41. The van der Waals surface area contributed by atoms with Gasteiger partial charge in [-0.25, -0.2) is 4.98 Å². The second kappa shape index (κ2) is 3.95. The van der Waals surface area contributed by atoms with E-state index < -0.39 is 0 Å². The fourth-order valence-corrected chi connectivity index (χ4v) is 2.95. The Morgan fingerprint density at radius 1 is 1.26 bits per heavy atom. The lowest BCUT2D eigenvalue weighted by Crippen LogP contribution is -2.20. The number of nitrogens with zero attached hydrogens (tertiary/aromatic N) is 1. The van der Waals surface area contributed by atoms with E-state index >= 15 is 0 Å². The molecule has 1 aliphatic carbocycles. The molecule has 2 heterocycles. The van der Waals surface area contributed by atoms with Gasteiger partial charge in [0, 0.05) is 12.0 Å². The average Bonchev–Trinajstić information content (AvgIpc) is 3.04. The first-order valence-electron chi connectivity index (χ1n) is 6.68. The number of nitrogens with one attached hydrogen (secondary N) is 1. The number of aromatic nitrogens is 2. The van der Waals surface area contributed by atoms with Crippen molar-refractivity contribution in [1.82, 2.24) is 9.97 Å². The number of ether oxygens (including phenoxy) is 1. The van der Waals surface area contributed by atoms with Crippen molar-refractivity contribution >= 4 is 0 Å². The summed E-state index contributed by atoms with van der Waals surface area (Å²) in [5.74, 6) is 1.57. The van der Waals surface area contributed by atoms with E-state index in [0.29, 0.717) is 5.82 Å². The van der Waals surface area contributed by atoms with Gasteiger partial charge in [-0.05, 0) is 30.9 Å². The molecule has 1 aromatic heterocycles. The largest absolute Gasteiger partial charge is 0.482 e. The standard InChI is InChI=1S/C15H14N2O2/c18-15-10-5-3-6-11(10)16-14(17-15)13-8-9-4-1-2-7-12(9)19-13/h1-2,4,7,13H,3,5-6,8H2,(H,16,17,18). The van der Waals surface area contributed by atoms with E-state index in [0.717, 1.165) is 42.7 Å². The van der Waals surface area contributed by atoms with Gasteiger partial charge < -0.3 is 9.72 Å². The fraction of sp³-hybridized carbons (Fsp3) is 0.333. The zero-order valence-electron chi connectivity index (χ0n) is 10.5. The maximum absolute atomic E-state index is 12.0. The van der Waals surface area contributed by atoms with E-state index in [9.17, 15) is 4.79 Å². The van der Waals surface area contributed by atoms with Crippen LogP contribution in [0.4, 0.5) is 0 Å². The lowest BCUT2D eigenvalue weighted by atomic mass is 10.1. The third-order valence-corrected chi connectivity index (χ3v) is 3.91. The zero-order valence-corrected chi connectivity index (χ0v) is 10.5. The lowest BCUT2D eigenvalue weighted by molar-refractivity contribution is 0.226. The summed E-state index contributed by atoms with van der Waals surface area (Å²) in [7, 11) is 0. The molecule has 2 aromatic rings. The van der Waals surface area contributed by atoms with Gasteiger partial charge in [-0.1, -0.05) is 18.2 Å². The van der Waals surface area contributed by atoms with Crippen LogP contribution in [-0.4, -0.2) is 9.97 Å². The third-order valence-electron chi connectivity index (χ3n) is 3.91. The number of aromatic amines is 1. The average molecular weight is 254 g/mol. The van der Waals surface area contributed by atoms with Gasteiger partial charge in [-0.15, -0.1) is 0 Å². The summed E-state index contributed by atoms with van der Waals surface area (Å²) in [5, 5.41) is 0. The van der Waals surface area contributed by atoms with Crippen LogP contribution in [0.5, 0.6) is 5.75 Å². The number of para-hydroxylation sites is 1. The quantitative estimate of drug-likeness (QED) is 0.846. The number of benzene rings is 1. The highest BCUT2D eigenvalue weighted by atomic mass is 16.5. The third kappa shape index (κ3) is 1.67. The molecule has 0 saturated carbocycles. The van der Waals surface area contributed by atoms with E-state index in [1.807, 2.05) is 18.2 Å². The molecule has 0 amide bonds. The van der Waals surface area contributed by atoms with Crippen molar-refractivity contribution in [1.29, 1.82) is 0 Å². The SMILES string of the molecule is O=c1[nH]c(C2Cc3ccccc3O2)nc2c1CCC2. The number of hydrogen-bond acceptors (Lipinski definition) is 3. The van der Waals surface area contributed by atoms with Gasteiger partial charge in [0.1, 0.15) is 5.75 Å². The smallest absolute Gasteiger partial charge is 0.254 e. The van der Waals surface area contributed by atoms with E-state index in [2.05, 4.69) is 16.0 Å². The normalized spacial score (nSPS) is 19.9. The first-order valence-corrected chi connectivity index (χ1v) is 6.68. The maximum atomic E-state index is 12.0. The van der Waals surface area contributed by atoms with Gasteiger partial charge in [0.05, 0.1) is 5.69 Å². The molecule has 1 atom stereocenters. The molecule has 1 aliphatic heterocycles. The van der Waals surface area contributed by atoms with Gasteiger partial charge in [0.15, 0.2) is 11.9 Å². The summed E-state index contributed by atoms with van der Waals surface area (Å²) in [5.41, 5.74) is 3.00. The summed E-state index contributed by atoms with van der Waals surface area (Å²) in [6.45, 7) is 0. The van der Waals surface area contributed by atoms with Crippen LogP contribution in [0.25, 0.3) is 0 Å². The van der Waals surface area contributed by atoms with Crippen LogP contribution >= 0.6 is 0 Å². The Hall–Kier alpha value is -2.10. The minimum absolute atomic E-state index is 0.0112. The first kappa shape index (κ1) is 10.8. The molecular weight excluding hydrogens is 240 g/mol. The van der Waals surface area contributed by atoms with Crippen LogP contribution in [0.2, 0.25) is 0 Å². The molecule has 19 heavy (non-hydrogen) atoms. The van der Waals surface area contributed by atoms with Crippen molar-refractivity contribution in [2.45, 2.75) is 31.8 Å². The summed E-state index contributed by atoms with van der Waals surface area (Å²) >= 11 is 0. The maximum Gasteiger partial charge on any atom is 0.254 e. The van der Waals surface area contributed by atoms with E-state index in [-0.39, 0.29) is 11.7 Å². The Labute approximate surface area is 110 Å². The second-order valence-electron chi connectivity index (χ2n) is 5.15. The molecule has 0 spiro atoms. The predicted octanol–water partition coefficient (Wildman–Crippen LogP) is 1.93. The minimum atomic E-state index is -0.156. The molecule has 2 aliphatic rings. The Morgan fingerprint density at radius 3 is 3.05 bits per heavy atom. The van der Waals surface area contributed by atoms with Crippen LogP contribution in [0.1, 0.15) is 35.2 Å². The van der Waals surface area contributed by atoms with Crippen molar-refractivity contribution < 1.29 is 4.74 Å². The van der Waals surface area contributed by atoms with Crippen molar-refractivity contribution in [2.24, 2.45) is 0 Å². The highest BCUT2D eigenvalue weighted by Crippen LogP contribution is 2.35. The number of hydrogen-bond donors (Lipinski definition) is 1. The topological polar surface area (TPSA) is 55.0 Å². The molecule has 0 fully saturated rings. The van der Waals surface area contributed by atoms with E-state index in [1.165, 1.54) is 5.56 Å². The fourth-order valence-electron chi connectivity index (χ4n) is 2.95. The number of rotatable bonds is 1. The van der Waals surface area contributed by atoms with Gasteiger partial charge in [0.2, 0.25) is 0 Å². The van der Waals surface area contributed by atoms with Crippen LogP contribution < -0.4 is 10.3 Å². The molecule has 0 bridgehead atoms. The molecule has 1 unspecified atom stereocenters. The Bertz CT molecular complexity index is 681. The van der Waals surface area contributed by atoms with E-state index in [1.54, 1.807) is 0 Å². The molecule has 0 radical (unpaired) electrons.